The van der Waals surface area contributed by atoms with Gasteiger partial charge in [-0.3, -0.25) is 9.59 Å². The molecule has 0 fully saturated rings. The normalized spacial score (nSPS) is 13.8. The molecule has 0 radical (unpaired) electrons. The van der Waals surface area contributed by atoms with E-state index in [0.717, 1.165) is 96.3 Å². The minimum atomic E-state index is -0.793. The number of allylic oxidation sites excluding steroid dienone is 10. The van der Waals surface area contributed by atoms with Gasteiger partial charge in [-0.2, -0.15) is 0 Å². The molecule has 3 N–H and O–H groups in total. The summed E-state index contributed by atoms with van der Waals surface area (Å²) in [7, 11) is 0. The van der Waals surface area contributed by atoms with Gasteiger partial charge in [0.2, 0.25) is 5.91 Å². The number of rotatable bonds is 44. The van der Waals surface area contributed by atoms with Crippen molar-refractivity contribution < 1.29 is 24.5 Å². The quantitative estimate of drug-likeness (QED) is 0.0323. The summed E-state index contributed by atoms with van der Waals surface area (Å²) < 4.78 is 5.91. The van der Waals surface area contributed by atoms with E-state index in [2.05, 4.69) is 86.8 Å². The molecule has 0 heterocycles. The third kappa shape index (κ3) is 42.1. The molecular weight excluding hydrogens is 731 g/mol. The van der Waals surface area contributed by atoms with E-state index in [1.54, 1.807) is 0 Å². The average molecular weight is 826 g/mol. The largest absolute Gasteiger partial charge is 0.462 e. The lowest BCUT2D eigenvalue weighted by Gasteiger charge is -2.24. The first-order valence-corrected chi connectivity index (χ1v) is 25.0. The summed E-state index contributed by atoms with van der Waals surface area (Å²) in [5.74, 6) is -0.504. The maximum absolute atomic E-state index is 13.1. The number of amides is 1. The Morgan fingerprint density at radius 1 is 0.508 bits per heavy atom. The zero-order chi connectivity index (χ0) is 43.1. The summed E-state index contributed by atoms with van der Waals surface area (Å²) in [5.41, 5.74) is 0. The molecule has 0 bridgehead atoms. The van der Waals surface area contributed by atoms with Gasteiger partial charge in [0.25, 0.3) is 0 Å². The van der Waals surface area contributed by atoms with E-state index >= 15 is 0 Å². The van der Waals surface area contributed by atoms with Gasteiger partial charge < -0.3 is 20.3 Å². The van der Waals surface area contributed by atoms with Gasteiger partial charge in [-0.15, -0.1) is 0 Å². The minimum absolute atomic E-state index is 0.0610. The van der Waals surface area contributed by atoms with Crippen molar-refractivity contribution in [2.75, 3.05) is 6.61 Å². The van der Waals surface area contributed by atoms with Crippen LogP contribution in [0.1, 0.15) is 239 Å². The Kier molecular flexibility index (Phi) is 44.7. The first kappa shape index (κ1) is 56.6. The summed E-state index contributed by atoms with van der Waals surface area (Å²) >= 11 is 0. The molecule has 0 aromatic rings. The van der Waals surface area contributed by atoms with Crippen LogP contribution in [-0.2, 0) is 14.3 Å². The van der Waals surface area contributed by atoms with Gasteiger partial charge in [0, 0.05) is 6.42 Å². The van der Waals surface area contributed by atoms with E-state index in [0.29, 0.717) is 19.3 Å². The molecule has 6 nitrogen and oxygen atoms in total. The van der Waals surface area contributed by atoms with Crippen LogP contribution in [0.4, 0.5) is 0 Å². The van der Waals surface area contributed by atoms with E-state index in [-0.39, 0.29) is 24.9 Å². The summed E-state index contributed by atoms with van der Waals surface area (Å²) in [6.45, 7) is 6.32. The summed E-state index contributed by atoms with van der Waals surface area (Å²) in [4.78, 5) is 26.1. The van der Waals surface area contributed by atoms with Crippen molar-refractivity contribution in [2.45, 2.75) is 257 Å². The Bertz CT molecular complexity index is 1060. The smallest absolute Gasteiger partial charge is 0.306 e. The van der Waals surface area contributed by atoms with Crippen molar-refractivity contribution in [2.24, 2.45) is 0 Å². The van der Waals surface area contributed by atoms with Crippen LogP contribution in [0, 0.1) is 0 Å². The number of unbranched alkanes of at least 4 members (excludes halogenated alkanes) is 22. The Morgan fingerprint density at radius 3 is 1.42 bits per heavy atom. The van der Waals surface area contributed by atoms with Crippen LogP contribution in [0.25, 0.3) is 0 Å². The molecular formula is C53H95NO5. The lowest BCUT2D eigenvalue weighted by molar-refractivity contribution is -0.151. The molecule has 0 spiro atoms. The molecule has 1 amide bonds. The minimum Gasteiger partial charge on any atom is -0.462 e. The second kappa shape index (κ2) is 46.6. The molecule has 0 saturated carbocycles. The van der Waals surface area contributed by atoms with Gasteiger partial charge in [0.1, 0.15) is 6.10 Å². The average Bonchev–Trinajstić information content (AvgIpc) is 3.23. The fourth-order valence-corrected chi connectivity index (χ4v) is 7.30. The van der Waals surface area contributed by atoms with Crippen molar-refractivity contribution in [3.05, 3.63) is 60.8 Å². The highest BCUT2D eigenvalue weighted by molar-refractivity contribution is 5.77. The van der Waals surface area contributed by atoms with E-state index in [4.69, 9.17) is 4.74 Å². The van der Waals surface area contributed by atoms with Gasteiger partial charge in [-0.1, -0.05) is 197 Å². The number of carbonyl (C=O) groups is 2. The Balaban J connectivity index is 4.56. The van der Waals surface area contributed by atoms with Gasteiger partial charge >= 0.3 is 5.97 Å². The molecule has 0 aliphatic carbocycles. The number of esters is 1. The number of ether oxygens (including phenoxy) is 1. The number of nitrogens with one attached hydrogen (secondary N) is 1. The third-order valence-corrected chi connectivity index (χ3v) is 11.1. The molecule has 59 heavy (non-hydrogen) atoms. The predicted octanol–water partition coefficient (Wildman–Crippen LogP) is 14.8. The molecule has 3 unspecified atom stereocenters. The van der Waals surface area contributed by atoms with Crippen LogP contribution >= 0.6 is 0 Å². The first-order valence-electron chi connectivity index (χ1n) is 25.0. The van der Waals surface area contributed by atoms with Gasteiger partial charge in [0.05, 0.1) is 25.2 Å². The molecule has 0 saturated heterocycles. The topological polar surface area (TPSA) is 95.9 Å². The highest BCUT2D eigenvalue weighted by Crippen LogP contribution is 2.17. The summed E-state index contributed by atoms with van der Waals surface area (Å²) in [5, 5.41) is 23.6. The van der Waals surface area contributed by atoms with Crippen LogP contribution in [0.3, 0.4) is 0 Å². The lowest BCUT2D eigenvalue weighted by atomic mass is 10.0. The third-order valence-electron chi connectivity index (χ3n) is 11.1. The first-order chi connectivity index (χ1) is 29.0. The van der Waals surface area contributed by atoms with E-state index < -0.39 is 18.2 Å². The lowest BCUT2D eigenvalue weighted by Crippen LogP contribution is -2.46. The molecule has 0 aromatic carbocycles. The zero-order valence-corrected chi connectivity index (χ0v) is 38.9. The monoisotopic (exact) mass is 826 g/mol. The maximum atomic E-state index is 13.1. The Morgan fingerprint density at radius 2 is 0.915 bits per heavy atom. The highest BCUT2D eigenvalue weighted by atomic mass is 16.5. The molecule has 0 aliphatic rings. The second-order valence-corrected chi connectivity index (χ2v) is 16.8. The number of aliphatic hydroxyl groups excluding tert-OH is 2. The van der Waals surface area contributed by atoms with Crippen LogP contribution in [0.2, 0.25) is 0 Å². The molecule has 6 heteroatoms. The van der Waals surface area contributed by atoms with Gasteiger partial charge in [-0.05, 0) is 89.9 Å². The van der Waals surface area contributed by atoms with Crippen molar-refractivity contribution in [3.63, 3.8) is 0 Å². The van der Waals surface area contributed by atoms with Crippen molar-refractivity contribution in [1.29, 1.82) is 0 Å². The second-order valence-electron chi connectivity index (χ2n) is 16.8. The van der Waals surface area contributed by atoms with Crippen LogP contribution in [0.15, 0.2) is 60.8 Å². The van der Waals surface area contributed by atoms with Crippen LogP contribution in [0.5, 0.6) is 0 Å². The van der Waals surface area contributed by atoms with E-state index in [1.165, 1.54) is 96.3 Å². The molecule has 3 atom stereocenters. The summed E-state index contributed by atoms with van der Waals surface area (Å²) in [6.07, 6.45) is 57.1. The molecule has 0 aliphatic heterocycles. The van der Waals surface area contributed by atoms with Crippen LogP contribution < -0.4 is 5.32 Å². The Hall–Kier alpha value is -2.44. The van der Waals surface area contributed by atoms with E-state index in [9.17, 15) is 19.8 Å². The molecule has 0 rings (SSSR count). The standard InChI is InChI=1S/C53H95NO5/c1-4-7-10-13-16-19-21-23-24-25-26-27-28-29-31-34-37-40-43-46-53(58)59-49(44-41-38-35-33-30-22-20-17-14-11-8-5-2)47-52(57)54-50(48-55)51(56)45-42-39-36-32-18-15-12-9-6-3/h8,11,16-17,19-20,23-24,26-27,49-51,55-56H,4-7,9-10,12-15,18,21-22,25,28-48H2,1-3H3,(H,54,57)/b11-8+,19-16-,20-17+,24-23-,27-26-. The predicted molar refractivity (Wildman–Crippen MR) is 255 cm³/mol. The SMILES string of the molecule is CC/C=C/C/C=C/CCCCCCCC(CC(=O)NC(CO)C(O)CCCCCCCCCCC)OC(=O)CCCCCCCC/C=C\C/C=C\C/C=C\CCCCC. The zero-order valence-electron chi connectivity index (χ0n) is 38.9. The number of carbonyl (C=O) groups excluding carboxylic acids is 2. The maximum Gasteiger partial charge on any atom is 0.306 e. The number of hydrogen-bond donors (Lipinski definition) is 3. The molecule has 0 aromatic heterocycles. The number of hydrogen-bond acceptors (Lipinski definition) is 5. The molecule has 342 valence electrons. The fraction of sp³-hybridized carbons (Fsp3) is 0.774. The Labute approximate surface area is 365 Å². The van der Waals surface area contributed by atoms with Crippen molar-refractivity contribution in [1.82, 2.24) is 5.32 Å². The highest BCUT2D eigenvalue weighted by Gasteiger charge is 2.24. The number of aliphatic hydroxyl groups is 2. The van der Waals surface area contributed by atoms with Gasteiger partial charge in [-0.25, -0.2) is 0 Å². The van der Waals surface area contributed by atoms with Crippen molar-refractivity contribution in [3.8, 4) is 0 Å². The summed E-state index contributed by atoms with van der Waals surface area (Å²) in [6, 6.07) is -0.708. The van der Waals surface area contributed by atoms with Crippen molar-refractivity contribution >= 4 is 11.9 Å². The van der Waals surface area contributed by atoms with Gasteiger partial charge in [0.15, 0.2) is 0 Å². The van der Waals surface area contributed by atoms with Crippen LogP contribution in [-0.4, -0.2) is 46.9 Å². The van der Waals surface area contributed by atoms with E-state index in [1.807, 2.05) is 0 Å². The fourth-order valence-electron chi connectivity index (χ4n) is 7.30.